The second-order valence-electron chi connectivity index (χ2n) is 4.39. The number of thiazole rings is 1. The molecule has 3 heteroatoms. The van der Waals surface area contributed by atoms with E-state index in [9.17, 15) is 0 Å². The molecule has 0 N–H and O–H groups in total. The van der Waals surface area contributed by atoms with Gasteiger partial charge in [-0.1, -0.05) is 44.7 Å². The molecule has 0 saturated heterocycles. The monoisotopic (exact) mass is 282 g/mol. The van der Waals surface area contributed by atoms with Crippen LogP contribution in [0.25, 0.3) is 16.1 Å². The van der Waals surface area contributed by atoms with Crippen LogP contribution in [0, 0.1) is 0 Å². The summed E-state index contributed by atoms with van der Waals surface area (Å²) in [5.41, 5.74) is 4.17. The van der Waals surface area contributed by atoms with Crippen molar-refractivity contribution in [3.05, 3.63) is 66.5 Å². The van der Waals surface area contributed by atoms with Crippen LogP contribution in [0.15, 0.2) is 55.1 Å². The van der Waals surface area contributed by atoms with Gasteiger partial charge in [0, 0.05) is 28.4 Å². The smallest absolute Gasteiger partial charge is 0.124 e. The van der Waals surface area contributed by atoms with Gasteiger partial charge in [-0.05, 0) is 18.6 Å². The van der Waals surface area contributed by atoms with Crippen molar-refractivity contribution in [2.75, 3.05) is 0 Å². The summed E-state index contributed by atoms with van der Waals surface area (Å²) in [6.45, 7) is 9.69. The number of nitrogens with zero attached hydrogens (tertiary/aromatic N) is 2. The van der Waals surface area contributed by atoms with Crippen LogP contribution in [-0.4, -0.2) is 9.97 Å². The SMILES string of the molecule is C=C/C=C(\C=C)c1csc(-c2ccnc(CCC)c2)n1. The van der Waals surface area contributed by atoms with E-state index in [2.05, 4.69) is 36.1 Å². The molecule has 0 aliphatic heterocycles. The summed E-state index contributed by atoms with van der Waals surface area (Å²) in [4.78, 5) is 9.05. The molecule has 0 fully saturated rings. The third-order valence-corrected chi connectivity index (χ3v) is 3.78. The molecule has 0 amide bonds. The lowest BCUT2D eigenvalue weighted by atomic mass is 10.1. The van der Waals surface area contributed by atoms with Crippen molar-refractivity contribution < 1.29 is 0 Å². The molecule has 0 aromatic carbocycles. The van der Waals surface area contributed by atoms with Crippen molar-refractivity contribution in [2.45, 2.75) is 19.8 Å². The Hall–Kier alpha value is -2.00. The molecule has 2 aromatic rings. The fraction of sp³-hybridized carbons (Fsp3) is 0.176. The van der Waals surface area contributed by atoms with E-state index in [-0.39, 0.29) is 0 Å². The Balaban J connectivity index is 2.33. The molecule has 0 spiro atoms. The molecular weight excluding hydrogens is 264 g/mol. The highest BCUT2D eigenvalue weighted by atomic mass is 32.1. The van der Waals surface area contributed by atoms with Crippen molar-refractivity contribution >= 4 is 16.9 Å². The Kier molecular flexibility index (Phi) is 5.02. The largest absolute Gasteiger partial charge is 0.261 e. The highest BCUT2D eigenvalue weighted by molar-refractivity contribution is 7.13. The summed E-state index contributed by atoms with van der Waals surface area (Å²) in [6, 6.07) is 4.13. The summed E-state index contributed by atoms with van der Waals surface area (Å²) in [5.74, 6) is 0. The minimum absolute atomic E-state index is 0.939. The molecule has 0 saturated carbocycles. The van der Waals surface area contributed by atoms with Gasteiger partial charge >= 0.3 is 0 Å². The number of rotatable bonds is 6. The topological polar surface area (TPSA) is 25.8 Å². The van der Waals surface area contributed by atoms with Gasteiger partial charge in [-0.25, -0.2) is 4.98 Å². The predicted molar refractivity (Wildman–Crippen MR) is 87.7 cm³/mol. The van der Waals surface area contributed by atoms with Gasteiger partial charge in [0.15, 0.2) is 0 Å². The summed E-state index contributed by atoms with van der Waals surface area (Å²) in [7, 11) is 0. The minimum Gasteiger partial charge on any atom is -0.261 e. The van der Waals surface area contributed by atoms with Gasteiger partial charge in [-0.3, -0.25) is 4.98 Å². The molecule has 2 aromatic heterocycles. The van der Waals surface area contributed by atoms with Crippen LogP contribution < -0.4 is 0 Å². The van der Waals surface area contributed by atoms with Gasteiger partial charge in [-0.15, -0.1) is 11.3 Å². The highest BCUT2D eigenvalue weighted by Gasteiger charge is 2.07. The maximum Gasteiger partial charge on any atom is 0.124 e. The second-order valence-corrected chi connectivity index (χ2v) is 5.24. The summed E-state index contributed by atoms with van der Waals surface area (Å²) >= 11 is 1.64. The van der Waals surface area contributed by atoms with E-state index >= 15 is 0 Å². The number of hydrogen-bond donors (Lipinski definition) is 0. The fourth-order valence-electron chi connectivity index (χ4n) is 1.93. The molecule has 0 atom stereocenters. The molecule has 0 radical (unpaired) electrons. The maximum atomic E-state index is 4.67. The van der Waals surface area contributed by atoms with Gasteiger partial charge < -0.3 is 0 Å². The van der Waals surface area contributed by atoms with Crippen LogP contribution >= 0.6 is 11.3 Å². The normalized spacial score (nSPS) is 11.3. The Morgan fingerprint density at radius 3 is 2.95 bits per heavy atom. The van der Waals surface area contributed by atoms with E-state index in [1.165, 1.54) is 0 Å². The zero-order valence-electron chi connectivity index (χ0n) is 11.7. The highest BCUT2D eigenvalue weighted by Crippen LogP contribution is 2.27. The third kappa shape index (κ3) is 3.31. The fourth-order valence-corrected chi connectivity index (χ4v) is 2.75. The first-order chi connectivity index (χ1) is 9.78. The van der Waals surface area contributed by atoms with Gasteiger partial charge in [0.25, 0.3) is 0 Å². The predicted octanol–water partition coefficient (Wildman–Crippen LogP) is 4.91. The van der Waals surface area contributed by atoms with Crippen molar-refractivity contribution in [3.8, 4) is 10.6 Å². The molecular formula is C17H18N2S. The molecule has 0 bridgehead atoms. The van der Waals surface area contributed by atoms with E-state index < -0.39 is 0 Å². The first-order valence-corrected chi connectivity index (χ1v) is 7.52. The lowest BCUT2D eigenvalue weighted by Gasteiger charge is -2.00. The summed E-state index contributed by atoms with van der Waals surface area (Å²) in [6.07, 6.45) is 9.43. The van der Waals surface area contributed by atoms with Crippen molar-refractivity contribution in [2.24, 2.45) is 0 Å². The Labute approximate surface area is 124 Å². The number of hydrogen-bond acceptors (Lipinski definition) is 3. The van der Waals surface area contributed by atoms with Crippen molar-refractivity contribution in [1.29, 1.82) is 0 Å². The minimum atomic E-state index is 0.939. The molecule has 20 heavy (non-hydrogen) atoms. The molecule has 0 unspecified atom stereocenters. The Bertz CT molecular complexity index is 638. The van der Waals surface area contributed by atoms with E-state index in [1.807, 2.05) is 23.7 Å². The summed E-state index contributed by atoms with van der Waals surface area (Å²) in [5, 5.41) is 3.06. The zero-order chi connectivity index (χ0) is 14.4. The van der Waals surface area contributed by atoms with Crippen LogP contribution in [-0.2, 0) is 6.42 Å². The lowest BCUT2D eigenvalue weighted by molar-refractivity contribution is 0.883. The molecule has 0 aliphatic carbocycles. The van der Waals surface area contributed by atoms with Crippen LogP contribution in [0.3, 0.4) is 0 Å². The van der Waals surface area contributed by atoms with Crippen molar-refractivity contribution in [3.63, 3.8) is 0 Å². The van der Waals surface area contributed by atoms with Crippen LogP contribution in [0.1, 0.15) is 24.7 Å². The average molecular weight is 282 g/mol. The number of allylic oxidation sites excluding steroid dienone is 4. The molecule has 102 valence electrons. The number of pyridine rings is 1. The number of aryl methyl sites for hydroxylation is 1. The van der Waals surface area contributed by atoms with Gasteiger partial charge in [-0.2, -0.15) is 0 Å². The first-order valence-electron chi connectivity index (χ1n) is 6.64. The Morgan fingerprint density at radius 2 is 2.25 bits per heavy atom. The van der Waals surface area contributed by atoms with Gasteiger partial charge in [0.05, 0.1) is 5.69 Å². The summed E-state index contributed by atoms with van der Waals surface area (Å²) < 4.78 is 0. The zero-order valence-corrected chi connectivity index (χ0v) is 12.5. The van der Waals surface area contributed by atoms with Crippen LogP contribution in [0.5, 0.6) is 0 Å². The number of aromatic nitrogens is 2. The van der Waals surface area contributed by atoms with Gasteiger partial charge in [0.2, 0.25) is 0 Å². The standard InChI is InChI=1S/C17H18N2S/c1-4-7-13(6-3)16-12-20-17(19-16)14-9-10-18-15(11-14)8-5-2/h4,6-7,9-12H,1,3,5,8H2,2H3/b13-7+. The van der Waals surface area contributed by atoms with E-state index in [0.717, 1.165) is 40.4 Å². The quantitative estimate of drug-likeness (QED) is 0.703. The van der Waals surface area contributed by atoms with Crippen LogP contribution in [0.4, 0.5) is 0 Å². The van der Waals surface area contributed by atoms with Crippen molar-refractivity contribution in [1.82, 2.24) is 9.97 Å². The molecule has 2 heterocycles. The maximum absolute atomic E-state index is 4.67. The molecule has 2 nitrogen and oxygen atoms in total. The lowest BCUT2D eigenvalue weighted by Crippen LogP contribution is -1.89. The van der Waals surface area contributed by atoms with E-state index in [0.29, 0.717) is 0 Å². The van der Waals surface area contributed by atoms with E-state index in [4.69, 9.17) is 0 Å². The van der Waals surface area contributed by atoms with Gasteiger partial charge in [0.1, 0.15) is 5.01 Å². The molecule has 2 rings (SSSR count). The second kappa shape index (κ2) is 6.96. The third-order valence-electron chi connectivity index (χ3n) is 2.89. The Morgan fingerprint density at radius 1 is 1.40 bits per heavy atom. The first kappa shape index (κ1) is 14.4. The molecule has 0 aliphatic rings. The van der Waals surface area contributed by atoms with E-state index in [1.54, 1.807) is 23.5 Å². The average Bonchev–Trinajstić information content (AvgIpc) is 2.95. The van der Waals surface area contributed by atoms with Crippen LogP contribution in [0.2, 0.25) is 0 Å².